The highest BCUT2D eigenvalue weighted by atomic mass is 16.5. The molecule has 0 spiro atoms. The zero-order chi connectivity index (χ0) is 19.7. The largest absolute Gasteiger partial charge is 0.379 e. The number of nitrogens with zero attached hydrogens (tertiary/aromatic N) is 4. The van der Waals surface area contributed by atoms with E-state index in [1.54, 1.807) is 6.33 Å². The van der Waals surface area contributed by atoms with E-state index >= 15 is 0 Å². The van der Waals surface area contributed by atoms with E-state index in [0.29, 0.717) is 0 Å². The van der Waals surface area contributed by atoms with Crippen LogP contribution in [-0.4, -0.2) is 80.6 Å². The molecule has 2 aliphatic rings. The molecular formula is C21H30N6O2. The first-order chi connectivity index (χ1) is 14.4. The minimum atomic E-state index is 0.787. The number of aromatic nitrogens is 2. The van der Waals surface area contributed by atoms with Crippen LogP contribution in [0.25, 0.3) is 0 Å². The smallest absolute Gasteiger partial charge is 0.135 e. The number of anilines is 4. The second kappa shape index (κ2) is 10.4. The normalized spacial score (nSPS) is 17.9. The van der Waals surface area contributed by atoms with Gasteiger partial charge in [-0.3, -0.25) is 4.90 Å². The molecule has 0 unspecified atom stereocenters. The van der Waals surface area contributed by atoms with Crippen molar-refractivity contribution in [3.8, 4) is 0 Å². The first-order valence-corrected chi connectivity index (χ1v) is 10.4. The number of nitrogens with one attached hydrogen (secondary N) is 2. The Bertz CT molecular complexity index is 745. The summed E-state index contributed by atoms with van der Waals surface area (Å²) in [4.78, 5) is 13.5. The van der Waals surface area contributed by atoms with Gasteiger partial charge in [0.1, 0.15) is 18.0 Å². The third-order valence-corrected chi connectivity index (χ3v) is 5.24. The van der Waals surface area contributed by atoms with Crippen LogP contribution in [0.5, 0.6) is 0 Å². The zero-order valence-electron chi connectivity index (χ0n) is 16.8. The number of rotatable bonds is 8. The standard InChI is InChI=1S/C21H30N6O2/c1(7-26-8-12-28-13-9-26)6-22-20-16-21(24-17-23-20)25-18-2-4-19(5-3-18)27-10-14-29-15-11-27/h2-5,16-17H,1,6-15H2,(H2,22,23,24,25). The Kier molecular flexibility index (Phi) is 7.12. The van der Waals surface area contributed by atoms with Gasteiger partial charge in [-0.1, -0.05) is 0 Å². The van der Waals surface area contributed by atoms with Crippen molar-refractivity contribution < 1.29 is 9.47 Å². The quantitative estimate of drug-likeness (QED) is 0.656. The third-order valence-electron chi connectivity index (χ3n) is 5.24. The first kappa shape index (κ1) is 19.9. The van der Waals surface area contributed by atoms with E-state index in [0.717, 1.165) is 89.4 Å². The summed E-state index contributed by atoms with van der Waals surface area (Å²) in [6, 6.07) is 10.4. The molecule has 2 aromatic rings. The van der Waals surface area contributed by atoms with Crippen molar-refractivity contribution in [2.24, 2.45) is 0 Å². The second-order valence-corrected chi connectivity index (χ2v) is 7.29. The number of benzene rings is 1. The molecule has 156 valence electrons. The van der Waals surface area contributed by atoms with Gasteiger partial charge >= 0.3 is 0 Å². The molecular weight excluding hydrogens is 368 g/mol. The fourth-order valence-corrected chi connectivity index (χ4v) is 3.59. The second-order valence-electron chi connectivity index (χ2n) is 7.29. The molecule has 0 atom stereocenters. The van der Waals surface area contributed by atoms with Crippen LogP contribution in [0.15, 0.2) is 36.7 Å². The molecule has 4 rings (SSSR count). The molecule has 8 nitrogen and oxygen atoms in total. The molecule has 0 radical (unpaired) electrons. The summed E-state index contributed by atoms with van der Waals surface area (Å²) in [7, 11) is 0. The number of hydrogen-bond acceptors (Lipinski definition) is 8. The highest BCUT2D eigenvalue weighted by Crippen LogP contribution is 2.21. The molecule has 0 saturated carbocycles. The molecule has 2 fully saturated rings. The van der Waals surface area contributed by atoms with Crippen LogP contribution in [0.3, 0.4) is 0 Å². The lowest BCUT2D eigenvalue weighted by Crippen LogP contribution is -2.37. The number of ether oxygens (including phenoxy) is 2. The van der Waals surface area contributed by atoms with Gasteiger partial charge in [0.2, 0.25) is 0 Å². The molecule has 1 aromatic carbocycles. The lowest BCUT2D eigenvalue weighted by Gasteiger charge is -2.28. The predicted octanol–water partition coefficient (Wildman–Crippen LogP) is 2.19. The van der Waals surface area contributed by atoms with Crippen molar-refractivity contribution in [3.05, 3.63) is 36.7 Å². The number of hydrogen-bond donors (Lipinski definition) is 2. The third kappa shape index (κ3) is 6.03. The van der Waals surface area contributed by atoms with Gasteiger partial charge in [0.05, 0.1) is 26.4 Å². The van der Waals surface area contributed by atoms with Crippen LogP contribution in [0.2, 0.25) is 0 Å². The van der Waals surface area contributed by atoms with E-state index < -0.39 is 0 Å². The van der Waals surface area contributed by atoms with E-state index in [1.807, 2.05) is 6.07 Å². The SMILES string of the molecule is c1nc(NCCCN2CCOCC2)cc(Nc2ccc(N3CCOCC3)cc2)n1. The van der Waals surface area contributed by atoms with Crippen LogP contribution < -0.4 is 15.5 Å². The molecule has 2 saturated heterocycles. The van der Waals surface area contributed by atoms with E-state index in [-0.39, 0.29) is 0 Å². The van der Waals surface area contributed by atoms with E-state index in [2.05, 4.69) is 54.7 Å². The maximum Gasteiger partial charge on any atom is 0.135 e. The van der Waals surface area contributed by atoms with E-state index in [9.17, 15) is 0 Å². The summed E-state index contributed by atoms with van der Waals surface area (Å²) in [5.74, 6) is 1.63. The van der Waals surface area contributed by atoms with Gasteiger partial charge in [-0.15, -0.1) is 0 Å². The molecule has 1 aromatic heterocycles. The maximum atomic E-state index is 5.42. The van der Waals surface area contributed by atoms with Crippen molar-refractivity contribution >= 4 is 23.0 Å². The van der Waals surface area contributed by atoms with Crippen molar-refractivity contribution in [3.63, 3.8) is 0 Å². The average Bonchev–Trinajstić information content (AvgIpc) is 2.79. The lowest BCUT2D eigenvalue weighted by molar-refractivity contribution is 0.0378. The minimum absolute atomic E-state index is 0.787. The summed E-state index contributed by atoms with van der Waals surface area (Å²) in [5, 5.41) is 6.76. The molecule has 2 aliphatic heterocycles. The van der Waals surface area contributed by atoms with Gasteiger partial charge in [-0.2, -0.15) is 0 Å². The van der Waals surface area contributed by atoms with Gasteiger partial charge in [0.25, 0.3) is 0 Å². The maximum absolute atomic E-state index is 5.42. The monoisotopic (exact) mass is 398 g/mol. The molecule has 8 heteroatoms. The summed E-state index contributed by atoms with van der Waals surface area (Å²) >= 11 is 0. The Morgan fingerprint density at radius 1 is 0.862 bits per heavy atom. The Morgan fingerprint density at radius 2 is 1.55 bits per heavy atom. The predicted molar refractivity (Wildman–Crippen MR) is 115 cm³/mol. The van der Waals surface area contributed by atoms with Crippen LogP contribution >= 0.6 is 0 Å². The van der Waals surface area contributed by atoms with E-state index in [4.69, 9.17) is 9.47 Å². The molecule has 0 amide bonds. The van der Waals surface area contributed by atoms with Gasteiger partial charge in [0.15, 0.2) is 0 Å². The van der Waals surface area contributed by atoms with Crippen LogP contribution in [0, 0.1) is 0 Å². The van der Waals surface area contributed by atoms with Gasteiger partial charge in [0, 0.05) is 50.2 Å². The Morgan fingerprint density at radius 3 is 2.31 bits per heavy atom. The summed E-state index contributed by atoms with van der Waals surface area (Å²) in [6.07, 6.45) is 2.67. The highest BCUT2D eigenvalue weighted by molar-refractivity contribution is 5.62. The van der Waals surface area contributed by atoms with E-state index in [1.165, 1.54) is 5.69 Å². The Balaban J connectivity index is 1.24. The summed E-state index contributed by atoms with van der Waals surface area (Å²) < 4.78 is 10.8. The topological polar surface area (TPSA) is 74.8 Å². The van der Waals surface area contributed by atoms with Crippen LogP contribution in [0.1, 0.15) is 6.42 Å². The Hall–Kier alpha value is -2.42. The average molecular weight is 399 g/mol. The summed E-state index contributed by atoms with van der Waals surface area (Å²) in [6.45, 7) is 9.22. The first-order valence-electron chi connectivity index (χ1n) is 10.4. The van der Waals surface area contributed by atoms with Crippen molar-refractivity contribution in [1.29, 1.82) is 0 Å². The van der Waals surface area contributed by atoms with Gasteiger partial charge in [-0.05, 0) is 37.2 Å². The molecule has 0 bridgehead atoms. The van der Waals surface area contributed by atoms with Crippen molar-refractivity contribution in [2.45, 2.75) is 6.42 Å². The molecule has 0 aliphatic carbocycles. The van der Waals surface area contributed by atoms with Crippen LogP contribution in [0.4, 0.5) is 23.0 Å². The fraction of sp³-hybridized carbons (Fsp3) is 0.524. The highest BCUT2D eigenvalue weighted by Gasteiger charge is 2.11. The van der Waals surface area contributed by atoms with Crippen molar-refractivity contribution in [1.82, 2.24) is 14.9 Å². The van der Waals surface area contributed by atoms with Gasteiger partial charge < -0.3 is 25.0 Å². The van der Waals surface area contributed by atoms with Crippen LogP contribution in [-0.2, 0) is 9.47 Å². The fourth-order valence-electron chi connectivity index (χ4n) is 3.59. The minimum Gasteiger partial charge on any atom is -0.379 e. The van der Waals surface area contributed by atoms with Gasteiger partial charge in [-0.25, -0.2) is 9.97 Å². The van der Waals surface area contributed by atoms with Crippen molar-refractivity contribution in [2.75, 3.05) is 81.2 Å². The Labute approximate surface area is 172 Å². The number of morpholine rings is 2. The molecule has 29 heavy (non-hydrogen) atoms. The molecule has 2 N–H and O–H groups in total. The molecule has 3 heterocycles. The lowest BCUT2D eigenvalue weighted by atomic mass is 10.2. The zero-order valence-corrected chi connectivity index (χ0v) is 16.8. The summed E-state index contributed by atoms with van der Waals surface area (Å²) in [5.41, 5.74) is 2.24.